The van der Waals surface area contributed by atoms with Crippen LogP contribution in [0, 0.1) is 0 Å². The molecule has 0 spiro atoms. The SMILES string of the molecule is CCNC(=O)CCn1nnc(C(=O)O)c1-c1nccn1C. The molecule has 9 heteroatoms. The Morgan fingerprint density at radius 1 is 1.43 bits per heavy atom. The lowest BCUT2D eigenvalue weighted by Gasteiger charge is -2.07. The first-order valence-electron chi connectivity index (χ1n) is 6.45. The lowest BCUT2D eigenvalue weighted by Crippen LogP contribution is -2.24. The van der Waals surface area contributed by atoms with Crippen LogP contribution in [0.15, 0.2) is 12.4 Å². The van der Waals surface area contributed by atoms with Gasteiger partial charge in [0.15, 0.2) is 5.82 Å². The van der Waals surface area contributed by atoms with Crippen molar-refractivity contribution in [2.24, 2.45) is 7.05 Å². The van der Waals surface area contributed by atoms with Crippen LogP contribution in [0.1, 0.15) is 23.8 Å². The van der Waals surface area contributed by atoms with Crippen molar-refractivity contribution in [3.05, 3.63) is 18.1 Å². The third-order valence-corrected chi connectivity index (χ3v) is 2.90. The number of hydrogen-bond acceptors (Lipinski definition) is 5. The van der Waals surface area contributed by atoms with Crippen LogP contribution in [0.4, 0.5) is 0 Å². The maximum absolute atomic E-state index is 11.5. The van der Waals surface area contributed by atoms with E-state index in [2.05, 4.69) is 20.6 Å². The molecule has 2 aromatic rings. The van der Waals surface area contributed by atoms with Gasteiger partial charge in [0.1, 0.15) is 5.69 Å². The molecule has 2 aromatic heterocycles. The summed E-state index contributed by atoms with van der Waals surface area (Å²) in [5.41, 5.74) is 0.111. The molecule has 0 radical (unpaired) electrons. The predicted molar refractivity (Wildman–Crippen MR) is 72.5 cm³/mol. The van der Waals surface area contributed by atoms with Crippen LogP contribution in [-0.2, 0) is 18.4 Å². The highest BCUT2D eigenvalue weighted by atomic mass is 16.4. The number of aromatic carboxylic acids is 1. The number of rotatable bonds is 6. The Labute approximate surface area is 120 Å². The van der Waals surface area contributed by atoms with Crippen molar-refractivity contribution in [1.82, 2.24) is 29.9 Å². The van der Waals surface area contributed by atoms with Crippen molar-refractivity contribution < 1.29 is 14.7 Å². The fraction of sp³-hybridized carbons (Fsp3) is 0.417. The Kier molecular flexibility index (Phi) is 4.31. The third kappa shape index (κ3) is 3.07. The van der Waals surface area contributed by atoms with Gasteiger partial charge in [-0.3, -0.25) is 4.79 Å². The minimum Gasteiger partial charge on any atom is -0.476 e. The Hall–Kier alpha value is -2.71. The maximum atomic E-state index is 11.5. The standard InChI is InChI=1S/C12H16N6O3/c1-3-13-8(19)4-6-18-10(9(12(20)21)15-16-18)11-14-5-7-17(11)2/h5,7H,3-4,6H2,1-2H3,(H,13,19)(H,20,21). The summed E-state index contributed by atoms with van der Waals surface area (Å²) in [6.45, 7) is 2.60. The fourth-order valence-electron chi connectivity index (χ4n) is 1.92. The molecule has 1 amide bonds. The molecular weight excluding hydrogens is 276 g/mol. The van der Waals surface area contributed by atoms with Gasteiger partial charge in [-0.25, -0.2) is 14.5 Å². The van der Waals surface area contributed by atoms with E-state index in [1.54, 1.807) is 24.0 Å². The quantitative estimate of drug-likeness (QED) is 0.768. The van der Waals surface area contributed by atoms with Crippen molar-refractivity contribution >= 4 is 11.9 Å². The summed E-state index contributed by atoms with van der Waals surface area (Å²) in [4.78, 5) is 26.9. The van der Waals surface area contributed by atoms with Crippen molar-refractivity contribution in [1.29, 1.82) is 0 Å². The summed E-state index contributed by atoms with van der Waals surface area (Å²) in [5, 5.41) is 19.4. The number of aryl methyl sites for hydroxylation is 2. The molecule has 0 aromatic carbocycles. The van der Waals surface area contributed by atoms with Gasteiger partial charge >= 0.3 is 5.97 Å². The molecule has 21 heavy (non-hydrogen) atoms. The highest BCUT2D eigenvalue weighted by Crippen LogP contribution is 2.20. The van der Waals surface area contributed by atoms with Gasteiger partial charge in [0.25, 0.3) is 0 Å². The number of nitrogens with one attached hydrogen (secondary N) is 1. The second kappa shape index (κ2) is 6.16. The molecule has 2 rings (SSSR count). The number of carbonyl (C=O) groups excluding carboxylic acids is 1. The Morgan fingerprint density at radius 3 is 2.76 bits per heavy atom. The number of amides is 1. The molecule has 0 saturated carbocycles. The normalized spacial score (nSPS) is 10.6. The zero-order chi connectivity index (χ0) is 15.4. The lowest BCUT2D eigenvalue weighted by molar-refractivity contribution is -0.121. The molecule has 0 atom stereocenters. The largest absolute Gasteiger partial charge is 0.476 e. The van der Waals surface area contributed by atoms with Crippen molar-refractivity contribution in [3.8, 4) is 11.5 Å². The van der Waals surface area contributed by atoms with Gasteiger partial charge in [0.05, 0.1) is 6.54 Å². The van der Waals surface area contributed by atoms with E-state index in [1.807, 2.05) is 6.92 Å². The topological polar surface area (TPSA) is 115 Å². The molecule has 0 bridgehead atoms. The molecule has 0 saturated heterocycles. The smallest absolute Gasteiger partial charge is 0.358 e. The van der Waals surface area contributed by atoms with Crippen LogP contribution in [0.25, 0.3) is 11.5 Å². The zero-order valence-electron chi connectivity index (χ0n) is 11.8. The number of aromatic nitrogens is 5. The van der Waals surface area contributed by atoms with Gasteiger partial charge < -0.3 is 15.0 Å². The van der Waals surface area contributed by atoms with Crippen LogP contribution >= 0.6 is 0 Å². The number of carboxylic acid groups (broad SMARTS) is 1. The van der Waals surface area contributed by atoms with E-state index in [-0.39, 0.29) is 24.6 Å². The van der Waals surface area contributed by atoms with E-state index >= 15 is 0 Å². The first kappa shape index (κ1) is 14.7. The maximum Gasteiger partial charge on any atom is 0.358 e. The van der Waals surface area contributed by atoms with Crippen LogP contribution in [-0.4, -0.2) is 48.1 Å². The molecule has 0 fully saturated rings. The summed E-state index contributed by atoms with van der Waals surface area (Å²) in [6.07, 6.45) is 3.44. The molecular formula is C12H16N6O3. The second-order valence-corrected chi connectivity index (χ2v) is 4.38. The number of imidazole rings is 1. The molecule has 2 N–H and O–H groups in total. The average molecular weight is 292 g/mol. The molecule has 0 unspecified atom stereocenters. The van der Waals surface area contributed by atoms with Gasteiger partial charge in [-0.15, -0.1) is 5.10 Å². The van der Waals surface area contributed by atoms with Gasteiger partial charge in [-0.1, -0.05) is 5.21 Å². The van der Waals surface area contributed by atoms with Gasteiger partial charge in [0.2, 0.25) is 11.6 Å². The minimum atomic E-state index is -1.18. The predicted octanol–water partition coefficient (Wildman–Crippen LogP) is -0.0970. The second-order valence-electron chi connectivity index (χ2n) is 4.38. The van der Waals surface area contributed by atoms with E-state index in [1.165, 1.54) is 4.68 Å². The number of carboxylic acids is 1. The molecule has 0 aliphatic heterocycles. The first-order chi connectivity index (χ1) is 10.0. The van der Waals surface area contributed by atoms with E-state index in [0.717, 1.165) is 0 Å². The summed E-state index contributed by atoms with van der Waals surface area (Å²) >= 11 is 0. The Morgan fingerprint density at radius 2 is 2.19 bits per heavy atom. The monoisotopic (exact) mass is 292 g/mol. The van der Waals surface area contributed by atoms with Crippen molar-refractivity contribution in [2.75, 3.05) is 6.54 Å². The van der Waals surface area contributed by atoms with Gasteiger partial charge in [-0.2, -0.15) is 0 Å². The van der Waals surface area contributed by atoms with Gasteiger partial charge in [0, 0.05) is 32.4 Å². The Balaban J connectivity index is 2.32. The highest BCUT2D eigenvalue weighted by molar-refractivity contribution is 5.91. The zero-order valence-corrected chi connectivity index (χ0v) is 11.8. The van der Waals surface area contributed by atoms with E-state index < -0.39 is 5.97 Å². The number of nitrogens with zero attached hydrogens (tertiary/aromatic N) is 5. The number of hydrogen-bond donors (Lipinski definition) is 2. The first-order valence-corrected chi connectivity index (χ1v) is 6.45. The van der Waals surface area contributed by atoms with E-state index in [9.17, 15) is 14.7 Å². The summed E-state index contributed by atoms with van der Waals surface area (Å²) in [6, 6.07) is 0. The molecule has 0 aliphatic rings. The summed E-state index contributed by atoms with van der Waals surface area (Å²) < 4.78 is 3.06. The summed E-state index contributed by atoms with van der Waals surface area (Å²) in [7, 11) is 1.75. The number of carbonyl (C=O) groups is 2. The van der Waals surface area contributed by atoms with Crippen LogP contribution in [0.3, 0.4) is 0 Å². The van der Waals surface area contributed by atoms with Gasteiger partial charge in [-0.05, 0) is 6.92 Å². The van der Waals surface area contributed by atoms with Crippen LogP contribution < -0.4 is 5.32 Å². The Bertz CT molecular complexity index is 660. The molecule has 9 nitrogen and oxygen atoms in total. The highest BCUT2D eigenvalue weighted by Gasteiger charge is 2.23. The van der Waals surface area contributed by atoms with Crippen LogP contribution in [0.2, 0.25) is 0 Å². The molecule has 112 valence electrons. The molecule has 2 heterocycles. The van der Waals surface area contributed by atoms with Crippen molar-refractivity contribution in [2.45, 2.75) is 19.9 Å². The lowest BCUT2D eigenvalue weighted by atomic mass is 10.3. The van der Waals surface area contributed by atoms with Crippen molar-refractivity contribution in [3.63, 3.8) is 0 Å². The molecule has 0 aliphatic carbocycles. The minimum absolute atomic E-state index is 0.129. The van der Waals surface area contributed by atoms with E-state index in [0.29, 0.717) is 18.1 Å². The van der Waals surface area contributed by atoms with E-state index in [4.69, 9.17) is 0 Å². The summed E-state index contributed by atoms with van der Waals surface area (Å²) in [5.74, 6) is -0.874. The fourth-order valence-corrected chi connectivity index (χ4v) is 1.92. The van der Waals surface area contributed by atoms with Crippen LogP contribution in [0.5, 0.6) is 0 Å². The third-order valence-electron chi connectivity index (χ3n) is 2.90. The average Bonchev–Trinajstić information content (AvgIpc) is 3.02.